The number of benzene rings is 1. The van der Waals surface area contributed by atoms with E-state index in [0.29, 0.717) is 22.7 Å². The van der Waals surface area contributed by atoms with E-state index in [1.54, 1.807) is 0 Å². The third kappa shape index (κ3) is 4.58. The van der Waals surface area contributed by atoms with Gasteiger partial charge in [0.25, 0.3) is 0 Å². The van der Waals surface area contributed by atoms with E-state index < -0.39 is 0 Å². The predicted octanol–water partition coefficient (Wildman–Crippen LogP) is 1.99. The van der Waals surface area contributed by atoms with Gasteiger partial charge in [0.15, 0.2) is 0 Å². The van der Waals surface area contributed by atoms with Crippen molar-refractivity contribution in [1.82, 2.24) is 4.90 Å². The molecular weight excluding hydrogens is 270 g/mol. The molecule has 1 aromatic rings. The summed E-state index contributed by atoms with van der Waals surface area (Å²) in [5, 5.41) is 2.88. The number of amides is 1. The van der Waals surface area contributed by atoms with Crippen LogP contribution in [0.4, 0.5) is 5.69 Å². The van der Waals surface area contributed by atoms with Gasteiger partial charge in [0, 0.05) is 25.1 Å². The van der Waals surface area contributed by atoms with Crippen molar-refractivity contribution in [3.8, 4) is 0 Å². The fourth-order valence-corrected chi connectivity index (χ4v) is 2.32. The van der Waals surface area contributed by atoms with Crippen LogP contribution < -0.4 is 11.1 Å². The number of nitrogens with zero attached hydrogens (tertiary/aromatic N) is 1. The lowest BCUT2D eigenvalue weighted by atomic mass is 10.1. The topological polar surface area (TPSA) is 58.4 Å². The lowest BCUT2D eigenvalue weighted by molar-refractivity contribution is -0.116. The van der Waals surface area contributed by atoms with Gasteiger partial charge in [-0.05, 0) is 37.9 Å². The van der Waals surface area contributed by atoms with Gasteiger partial charge in [-0.1, -0.05) is 24.4 Å². The molecule has 1 aliphatic carbocycles. The quantitative estimate of drug-likeness (QED) is 0.754. The summed E-state index contributed by atoms with van der Waals surface area (Å²) >= 11 is 4.98. The van der Waals surface area contributed by atoms with Gasteiger partial charge < -0.3 is 16.0 Å². The summed E-state index contributed by atoms with van der Waals surface area (Å²) in [5.74, 6) is 0.842. The molecule has 4 nitrogen and oxygen atoms in total. The minimum atomic E-state index is -0.00338. The average molecular weight is 291 g/mol. The highest BCUT2D eigenvalue weighted by Gasteiger charge is 2.22. The van der Waals surface area contributed by atoms with Gasteiger partial charge in [0.1, 0.15) is 4.99 Å². The highest BCUT2D eigenvalue weighted by Crippen LogP contribution is 2.29. The highest BCUT2D eigenvalue weighted by molar-refractivity contribution is 7.80. The first-order chi connectivity index (χ1) is 9.56. The second kappa shape index (κ2) is 6.81. The second-order valence-electron chi connectivity index (χ2n) is 5.41. The number of anilines is 1. The molecule has 5 heteroatoms. The van der Waals surface area contributed by atoms with Crippen LogP contribution in [0.15, 0.2) is 24.3 Å². The Labute approximate surface area is 125 Å². The number of rotatable bonds is 7. The maximum absolute atomic E-state index is 12.0. The fraction of sp³-hybridized carbons (Fsp3) is 0.467. The molecule has 0 aliphatic heterocycles. The van der Waals surface area contributed by atoms with Gasteiger partial charge in [0.05, 0.1) is 5.69 Å². The zero-order chi connectivity index (χ0) is 14.5. The van der Waals surface area contributed by atoms with E-state index in [9.17, 15) is 4.79 Å². The summed E-state index contributed by atoms with van der Waals surface area (Å²) in [4.78, 5) is 14.5. The molecule has 3 N–H and O–H groups in total. The van der Waals surface area contributed by atoms with Crippen LogP contribution in [0.1, 0.15) is 24.8 Å². The van der Waals surface area contributed by atoms with Gasteiger partial charge >= 0.3 is 0 Å². The largest absolute Gasteiger partial charge is 0.389 e. The van der Waals surface area contributed by atoms with Crippen molar-refractivity contribution in [1.29, 1.82) is 0 Å². The Morgan fingerprint density at radius 1 is 1.45 bits per heavy atom. The highest BCUT2D eigenvalue weighted by atomic mass is 32.1. The summed E-state index contributed by atoms with van der Waals surface area (Å²) in [5.41, 5.74) is 7.05. The van der Waals surface area contributed by atoms with Crippen LogP contribution in [-0.2, 0) is 4.79 Å². The van der Waals surface area contributed by atoms with Crippen LogP contribution in [0.25, 0.3) is 0 Å². The van der Waals surface area contributed by atoms with Crippen LogP contribution in [0.2, 0.25) is 0 Å². The molecule has 1 amide bonds. The summed E-state index contributed by atoms with van der Waals surface area (Å²) < 4.78 is 0. The first kappa shape index (κ1) is 14.9. The molecule has 0 spiro atoms. The Kier molecular flexibility index (Phi) is 5.09. The smallest absolute Gasteiger partial charge is 0.225 e. The second-order valence-corrected chi connectivity index (χ2v) is 5.85. The van der Waals surface area contributed by atoms with Gasteiger partial charge in [-0.15, -0.1) is 0 Å². The predicted molar refractivity (Wildman–Crippen MR) is 85.8 cm³/mol. The molecule has 0 unspecified atom stereocenters. The zero-order valence-corrected chi connectivity index (χ0v) is 12.6. The molecule has 2 rings (SSSR count). The molecule has 0 radical (unpaired) electrons. The average Bonchev–Trinajstić information content (AvgIpc) is 3.21. The van der Waals surface area contributed by atoms with E-state index in [1.807, 2.05) is 24.3 Å². The number of hydrogen-bond donors (Lipinski definition) is 2. The first-order valence-corrected chi connectivity index (χ1v) is 7.34. The van der Waals surface area contributed by atoms with Gasteiger partial charge in [-0.3, -0.25) is 4.79 Å². The van der Waals surface area contributed by atoms with E-state index in [2.05, 4.69) is 17.3 Å². The molecule has 1 saturated carbocycles. The summed E-state index contributed by atoms with van der Waals surface area (Å²) in [7, 11) is 2.06. The van der Waals surface area contributed by atoms with E-state index in [0.717, 1.165) is 19.0 Å². The van der Waals surface area contributed by atoms with Crippen LogP contribution >= 0.6 is 12.2 Å². The van der Waals surface area contributed by atoms with Gasteiger partial charge in [-0.2, -0.15) is 0 Å². The van der Waals surface area contributed by atoms with Crippen molar-refractivity contribution in [2.75, 3.05) is 25.5 Å². The minimum Gasteiger partial charge on any atom is -0.389 e. The third-order valence-electron chi connectivity index (χ3n) is 3.45. The molecule has 0 heterocycles. The zero-order valence-electron chi connectivity index (χ0n) is 11.8. The number of thiocarbonyl (C=S) groups is 1. The SMILES string of the molecule is CN(CCC(=O)Nc1ccccc1C(N)=S)CC1CC1. The maximum atomic E-state index is 12.0. The normalized spacial score (nSPS) is 14.3. The molecule has 1 aliphatic rings. The van der Waals surface area contributed by atoms with Crippen molar-refractivity contribution >= 4 is 28.8 Å². The number of hydrogen-bond acceptors (Lipinski definition) is 3. The summed E-state index contributed by atoms with van der Waals surface area (Å²) in [6.07, 6.45) is 3.14. The van der Waals surface area contributed by atoms with Crippen molar-refractivity contribution in [3.63, 3.8) is 0 Å². The number of nitrogens with two attached hydrogens (primary N) is 1. The molecule has 1 fully saturated rings. The minimum absolute atomic E-state index is 0.00338. The molecule has 0 saturated heterocycles. The number of carbonyl (C=O) groups is 1. The van der Waals surface area contributed by atoms with Gasteiger partial charge in [0.2, 0.25) is 5.91 Å². The molecule has 1 aromatic carbocycles. The maximum Gasteiger partial charge on any atom is 0.225 e. The first-order valence-electron chi connectivity index (χ1n) is 6.93. The molecule has 20 heavy (non-hydrogen) atoms. The van der Waals surface area contributed by atoms with E-state index >= 15 is 0 Å². The van der Waals surface area contributed by atoms with Crippen molar-refractivity contribution < 1.29 is 4.79 Å². The Balaban J connectivity index is 1.83. The molecule has 108 valence electrons. The van der Waals surface area contributed by atoms with Crippen LogP contribution in [-0.4, -0.2) is 35.9 Å². The molecule has 0 bridgehead atoms. The molecule has 0 aromatic heterocycles. The Bertz CT molecular complexity index is 500. The van der Waals surface area contributed by atoms with Gasteiger partial charge in [-0.25, -0.2) is 0 Å². The molecular formula is C15H21N3OS. The monoisotopic (exact) mass is 291 g/mol. The Hall–Kier alpha value is -1.46. The van der Waals surface area contributed by atoms with Crippen LogP contribution in [0.3, 0.4) is 0 Å². The van der Waals surface area contributed by atoms with Crippen LogP contribution in [0.5, 0.6) is 0 Å². The van der Waals surface area contributed by atoms with E-state index in [4.69, 9.17) is 18.0 Å². The Morgan fingerprint density at radius 3 is 2.80 bits per heavy atom. The Morgan fingerprint density at radius 2 is 2.15 bits per heavy atom. The standard InChI is InChI=1S/C15H21N3OS/c1-18(10-11-6-7-11)9-8-14(19)17-13-5-3-2-4-12(13)15(16)20/h2-5,11H,6-10H2,1H3,(H2,16,20)(H,17,19). The lowest BCUT2D eigenvalue weighted by Crippen LogP contribution is -2.26. The lowest BCUT2D eigenvalue weighted by Gasteiger charge is -2.16. The number of nitrogens with one attached hydrogen (secondary N) is 1. The van der Waals surface area contributed by atoms with E-state index in [-0.39, 0.29) is 5.91 Å². The van der Waals surface area contributed by atoms with Crippen LogP contribution in [0, 0.1) is 5.92 Å². The fourth-order valence-electron chi connectivity index (χ4n) is 2.14. The van der Waals surface area contributed by atoms with E-state index in [1.165, 1.54) is 12.8 Å². The summed E-state index contributed by atoms with van der Waals surface area (Å²) in [6.45, 7) is 1.87. The van der Waals surface area contributed by atoms with Crippen molar-refractivity contribution in [2.45, 2.75) is 19.3 Å². The van der Waals surface area contributed by atoms with Crippen molar-refractivity contribution in [3.05, 3.63) is 29.8 Å². The number of carbonyl (C=O) groups excluding carboxylic acids is 1. The summed E-state index contributed by atoms with van der Waals surface area (Å²) in [6, 6.07) is 7.35. The molecule has 0 atom stereocenters. The van der Waals surface area contributed by atoms with Crippen molar-refractivity contribution in [2.24, 2.45) is 11.7 Å². The third-order valence-corrected chi connectivity index (χ3v) is 3.67. The number of para-hydroxylation sites is 1.